The Morgan fingerprint density at radius 3 is 2.86 bits per heavy atom. The number of rotatable bonds is 8. The number of aryl methyl sites for hydroxylation is 1. The molecular weight excluding hydrogens is 455 g/mol. The molecule has 2 aliphatic rings. The minimum Gasteiger partial charge on any atom is -0.392 e. The first kappa shape index (κ1) is 23.3. The molecule has 2 aliphatic heterocycles. The zero-order valence-corrected chi connectivity index (χ0v) is 19.6. The van der Waals surface area contributed by atoms with E-state index in [9.17, 15) is 14.3 Å². The van der Waals surface area contributed by atoms with E-state index in [0.717, 1.165) is 11.1 Å². The lowest BCUT2D eigenvalue weighted by Gasteiger charge is -2.35. The van der Waals surface area contributed by atoms with Crippen molar-refractivity contribution in [3.05, 3.63) is 64.4 Å². The maximum atomic E-state index is 13.9. The molecule has 1 amide bonds. The Morgan fingerprint density at radius 2 is 2.14 bits per heavy atom. The molecule has 0 bridgehead atoms. The van der Waals surface area contributed by atoms with Crippen LogP contribution in [0.25, 0.3) is 5.82 Å². The van der Waals surface area contributed by atoms with E-state index in [1.807, 2.05) is 13.1 Å². The number of amides is 1. The van der Waals surface area contributed by atoms with Crippen molar-refractivity contribution in [1.29, 1.82) is 0 Å². The van der Waals surface area contributed by atoms with Crippen LogP contribution in [0.1, 0.15) is 32.7 Å². The number of aromatic nitrogens is 4. The Balaban J connectivity index is 1.46. The van der Waals surface area contributed by atoms with Crippen molar-refractivity contribution >= 4 is 11.9 Å². The quantitative estimate of drug-likeness (QED) is 0.498. The van der Waals surface area contributed by atoms with E-state index < -0.39 is 5.82 Å². The molecule has 0 radical (unpaired) electrons. The van der Waals surface area contributed by atoms with Gasteiger partial charge in [0.1, 0.15) is 5.82 Å². The smallest absolute Gasteiger partial charge is 0.275 e. The van der Waals surface area contributed by atoms with Crippen molar-refractivity contribution in [2.45, 2.75) is 38.6 Å². The molecule has 35 heavy (non-hydrogen) atoms. The SMILES string of the molecule is COC[C@H]1Cc2cn(-c3nc(NC4COC4)ncc3C)nc2C(=O)N1Cc1cc(F)ccc1CO. The zero-order chi connectivity index (χ0) is 24.5. The summed E-state index contributed by atoms with van der Waals surface area (Å²) >= 11 is 0. The van der Waals surface area contributed by atoms with Crippen molar-refractivity contribution in [2.75, 3.05) is 32.2 Å². The minimum absolute atomic E-state index is 0.136. The summed E-state index contributed by atoms with van der Waals surface area (Å²) in [6.45, 7) is 3.30. The molecule has 0 unspecified atom stereocenters. The van der Waals surface area contributed by atoms with Gasteiger partial charge in [-0.05, 0) is 36.6 Å². The largest absolute Gasteiger partial charge is 0.392 e. The Hall–Kier alpha value is -3.41. The van der Waals surface area contributed by atoms with Crippen LogP contribution in [0.5, 0.6) is 0 Å². The van der Waals surface area contributed by atoms with Crippen molar-refractivity contribution in [3.8, 4) is 5.82 Å². The number of hydrogen-bond acceptors (Lipinski definition) is 8. The van der Waals surface area contributed by atoms with Gasteiger partial charge in [0, 0.05) is 37.2 Å². The summed E-state index contributed by atoms with van der Waals surface area (Å²) in [6.07, 6.45) is 4.06. The van der Waals surface area contributed by atoms with Crippen molar-refractivity contribution in [1.82, 2.24) is 24.6 Å². The molecule has 10 nitrogen and oxygen atoms in total. The van der Waals surface area contributed by atoms with E-state index in [4.69, 9.17) is 9.47 Å². The number of methoxy groups -OCH3 is 1. The number of halogens is 1. The molecule has 1 aromatic carbocycles. The van der Waals surface area contributed by atoms with Gasteiger partial charge in [-0.1, -0.05) is 6.07 Å². The van der Waals surface area contributed by atoms with Gasteiger partial charge < -0.3 is 24.8 Å². The topological polar surface area (TPSA) is 115 Å². The van der Waals surface area contributed by atoms with Gasteiger partial charge >= 0.3 is 0 Å². The van der Waals surface area contributed by atoms with E-state index >= 15 is 0 Å². The second-order valence-electron chi connectivity index (χ2n) is 8.84. The number of hydrogen-bond donors (Lipinski definition) is 2. The van der Waals surface area contributed by atoms with Crippen LogP contribution < -0.4 is 5.32 Å². The fraction of sp³-hybridized carbons (Fsp3) is 0.417. The number of aliphatic hydroxyl groups excluding tert-OH is 1. The first-order valence-electron chi connectivity index (χ1n) is 11.4. The second-order valence-corrected chi connectivity index (χ2v) is 8.84. The van der Waals surface area contributed by atoms with E-state index in [1.54, 1.807) is 22.9 Å². The molecule has 2 N–H and O–H groups in total. The van der Waals surface area contributed by atoms with Gasteiger partial charge in [0.2, 0.25) is 5.95 Å². The molecule has 3 aromatic rings. The summed E-state index contributed by atoms with van der Waals surface area (Å²) in [6, 6.07) is 4.08. The maximum Gasteiger partial charge on any atom is 0.275 e. The fourth-order valence-corrected chi connectivity index (χ4v) is 4.37. The highest BCUT2D eigenvalue weighted by atomic mass is 19.1. The first-order chi connectivity index (χ1) is 17.0. The lowest BCUT2D eigenvalue weighted by atomic mass is 9.97. The van der Waals surface area contributed by atoms with Gasteiger partial charge in [0.15, 0.2) is 11.5 Å². The van der Waals surface area contributed by atoms with Gasteiger partial charge in [0.25, 0.3) is 5.91 Å². The molecule has 2 aromatic heterocycles. The van der Waals surface area contributed by atoms with E-state index in [0.29, 0.717) is 54.8 Å². The molecule has 184 valence electrons. The fourth-order valence-electron chi connectivity index (χ4n) is 4.37. The van der Waals surface area contributed by atoms with Gasteiger partial charge in [-0.3, -0.25) is 4.79 Å². The molecule has 0 saturated carbocycles. The predicted molar refractivity (Wildman–Crippen MR) is 124 cm³/mol. The van der Waals surface area contributed by atoms with Crippen LogP contribution in [0.3, 0.4) is 0 Å². The van der Waals surface area contributed by atoms with Crippen LogP contribution in [0.15, 0.2) is 30.6 Å². The summed E-state index contributed by atoms with van der Waals surface area (Å²) in [5.41, 5.74) is 3.03. The number of aliphatic hydroxyl groups is 1. The molecule has 1 saturated heterocycles. The summed E-state index contributed by atoms with van der Waals surface area (Å²) in [7, 11) is 1.58. The number of nitrogens with zero attached hydrogens (tertiary/aromatic N) is 5. The lowest BCUT2D eigenvalue weighted by molar-refractivity contribution is 0.0208. The Labute approximate surface area is 201 Å². The Kier molecular flexibility index (Phi) is 6.46. The number of carbonyl (C=O) groups excluding carboxylic acids is 1. The third kappa shape index (κ3) is 4.62. The van der Waals surface area contributed by atoms with Gasteiger partial charge in [-0.15, -0.1) is 0 Å². The van der Waals surface area contributed by atoms with Crippen molar-refractivity contribution in [3.63, 3.8) is 0 Å². The van der Waals surface area contributed by atoms with Gasteiger partial charge in [-0.25, -0.2) is 14.1 Å². The predicted octanol–water partition coefficient (Wildman–Crippen LogP) is 1.63. The van der Waals surface area contributed by atoms with Crippen molar-refractivity contribution < 1.29 is 23.8 Å². The highest BCUT2D eigenvalue weighted by molar-refractivity contribution is 5.95. The van der Waals surface area contributed by atoms with Crippen LogP contribution in [0.4, 0.5) is 10.3 Å². The second kappa shape index (κ2) is 9.68. The Bertz CT molecular complexity index is 1240. The molecule has 4 heterocycles. The lowest BCUT2D eigenvalue weighted by Crippen LogP contribution is -2.47. The molecule has 1 fully saturated rings. The van der Waals surface area contributed by atoms with Crippen LogP contribution in [-0.4, -0.2) is 74.7 Å². The number of benzene rings is 1. The van der Waals surface area contributed by atoms with Crippen LogP contribution in [0, 0.1) is 12.7 Å². The van der Waals surface area contributed by atoms with E-state index in [-0.39, 0.29) is 31.1 Å². The van der Waals surface area contributed by atoms with E-state index in [2.05, 4.69) is 20.4 Å². The molecule has 0 spiro atoms. The molecule has 0 aliphatic carbocycles. The number of fused-ring (bicyclic) bond motifs is 1. The molecule has 11 heteroatoms. The normalized spacial score (nSPS) is 17.9. The number of ether oxygens (including phenoxy) is 2. The van der Waals surface area contributed by atoms with Crippen LogP contribution >= 0.6 is 0 Å². The maximum absolute atomic E-state index is 13.9. The Morgan fingerprint density at radius 1 is 1.31 bits per heavy atom. The standard InChI is InChI=1S/C24H27FN6O4/c1-14-7-26-24(27-19-11-35-12-19)28-22(14)31-9-17-6-20(13-34-2)30(23(33)21(17)29-31)8-16-5-18(25)4-3-15(16)10-32/h3-5,7,9,19-20,32H,6,8,10-13H2,1-2H3,(H,26,27,28)/t20-/m1/s1. The molecule has 1 atom stereocenters. The van der Waals surface area contributed by atoms with E-state index in [1.165, 1.54) is 18.2 Å². The number of nitrogens with one attached hydrogen (secondary N) is 1. The summed E-state index contributed by atoms with van der Waals surface area (Å²) < 4.78 is 26.1. The highest BCUT2D eigenvalue weighted by Crippen LogP contribution is 2.27. The third-order valence-corrected chi connectivity index (χ3v) is 6.32. The average Bonchev–Trinajstić information content (AvgIpc) is 3.24. The summed E-state index contributed by atoms with van der Waals surface area (Å²) in [4.78, 5) is 24.1. The number of carbonyl (C=O) groups is 1. The summed E-state index contributed by atoms with van der Waals surface area (Å²) in [5, 5.41) is 17.5. The monoisotopic (exact) mass is 482 g/mol. The zero-order valence-electron chi connectivity index (χ0n) is 19.6. The highest BCUT2D eigenvalue weighted by Gasteiger charge is 2.36. The molecule has 5 rings (SSSR count). The van der Waals surface area contributed by atoms with Crippen LogP contribution in [0.2, 0.25) is 0 Å². The summed E-state index contributed by atoms with van der Waals surface area (Å²) in [5.74, 6) is 0.344. The van der Waals surface area contributed by atoms with Gasteiger partial charge in [-0.2, -0.15) is 10.1 Å². The third-order valence-electron chi connectivity index (χ3n) is 6.32. The van der Waals surface area contributed by atoms with Gasteiger partial charge in [0.05, 0.1) is 38.5 Å². The van der Waals surface area contributed by atoms with Crippen molar-refractivity contribution in [2.24, 2.45) is 0 Å². The average molecular weight is 483 g/mol. The number of anilines is 1. The minimum atomic E-state index is -0.424. The van der Waals surface area contributed by atoms with Crippen LogP contribution in [-0.2, 0) is 29.0 Å². The first-order valence-corrected chi connectivity index (χ1v) is 11.4. The molecular formula is C24H27FN6O4.